The molecule has 0 spiro atoms. The molecule has 9 atom stereocenters. The fourth-order valence-corrected chi connectivity index (χ4v) is 8.22. The third-order valence-electron chi connectivity index (χ3n) is 10.1. The molecule has 1 unspecified atom stereocenters. The Kier molecular flexibility index (Phi) is 12.7. The van der Waals surface area contributed by atoms with Crippen LogP contribution < -0.4 is 31.9 Å². The first-order valence-electron chi connectivity index (χ1n) is 18.1. The van der Waals surface area contributed by atoms with E-state index in [0.29, 0.717) is 12.0 Å². The first-order chi connectivity index (χ1) is 25.5. The molecule has 0 saturated carbocycles. The monoisotopic (exact) mass is 771 g/mol. The van der Waals surface area contributed by atoms with E-state index in [2.05, 4.69) is 31.9 Å². The first kappa shape index (κ1) is 40.7. The van der Waals surface area contributed by atoms with Gasteiger partial charge in [-0.1, -0.05) is 31.2 Å². The Morgan fingerprint density at radius 3 is 2.11 bits per heavy atom. The number of aliphatic hydroxyl groups excluding tert-OH is 2. The topological polar surface area (TPSA) is 256 Å². The minimum absolute atomic E-state index is 0.0207. The van der Waals surface area contributed by atoms with Crippen molar-refractivity contribution >= 4 is 58.7 Å². The van der Waals surface area contributed by atoms with Gasteiger partial charge in [-0.2, -0.15) is 0 Å². The highest BCUT2D eigenvalue weighted by molar-refractivity contribution is 8.03. The normalized spacial score (nSPS) is 31.5. The van der Waals surface area contributed by atoms with Gasteiger partial charge in [-0.25, -0.2) is 0 Å². The summed E-state index contributed by atoms with van der Waals surface area (Å²) in [7, 11) is 0. The van der Waals surface area contributed by atoms with Crippen molar-refractivity contribution in [3.8, 4) is 0 Å². The van der Waals surface area contributed by atoms with Crippen molar-refractivity contribution in [2.45, 2.75) is 114 Å². The number of allylic oxidation sites excluding steroid dienone is 1. The Bertz CT molecular complexity index is 1720. The molecule has 0 radical (unpaired) electrons. The third-order valence-corrected chi connectivity index (χ3v) is 11.4. The largest absolute Gasteiger partial charge is 0.393 e. The number of hydrogen-bond acceptors (Lipinski definition) is 11. The average molecular weight is 772 g/mol. The summed E-state index contributed by atoms with van der Waals surface area (Å²) in [5.74, 6) is -5.31. The number of nitrogens with one attached hydrogen (secondary N) is 6. The van der Waals surface area contributed by atoms with Crippen molar-refractivity contribution in [3.05, 3.63) is 40.3 Å². The maximum absolute atomic E-state index is 14.3. The van der Waals surface area contributed by atoms with Gasteiger partial charge in [-0.3, -0.25) is 33.6 Å². The van der Waals surface area contributed by atoms with E-state index < -0.39 is 108 Å². The SMILES string of the molecule is CC[C@H]1NC(=O)[C@H](C)NC(=O)[C@H](C[C@@](C)(O)CO)NC(=O)[C@@H]2CC3=C(Cc4ccccc43)SC[C@@H](NC1=O)C(=O)N1C[C@H](O)CC1C(=O)N[C@@H](C)C(=O)N2. The van der Waals surface area contributed by atoms with E-state index in [1.54, 1.807) is 6.92 Å². The molecule has 3 aliphatic heterocycles. The van der Waals surface area contributed by atoms with Crippen LogP contribution in [0.15, 0.2) is 29.2 Å². The van der Waals surface area contributed by atoms with E-state index in [4.69, 9.17) is 0 Å². The van der Waals surface area contributed by atoms with Crippen LogP contribution in [0.4, 0.5) is 0 Å². The number of carbonyl (C=O) groups is 7. The van der Waals surface area contributed by atoms with Gasteiger partial charge in [-0.15, -0.1) is 11.8 Å². The molecule has 54 heavy (non-hydrogen) atoms. The summed E-state index contributed by atoms with van der Waals surface area (Å²) in [4.78, 5) is 98.6. The maximum Gasteiger partial charge on any atom is 0.246 e. The number of fused-ring (bicyclic) bond motifs is 5. The Labute approximate surface area is 316 Å². The summed E-state index contributed by atoms with van der Waals surface area (Å²) in [5, 5.41) is 47.0. The minimum Gasteiger partial charge on any atom is -0.393 e. The van der Waals surface area contributed by atoms with Crippen LogP contribution in [-0.2, 0) is 40.0 Å². The van der Waals surface area contributed by atoms with E-state index >= 15 is 0 Å². The number of hydrogen-bond donors (Lipinski definition) is 9. The number of amides is 7. The van der Waals surface area contributed by atoms with E-state index in [9.17, 15) is 48.9 Å². The molecule has 294 valence electrons. The fourth-order valence-electron chi connectivity index (χ4n) is 7.00. The highest BCUT2D eigenvalue weighted by Crippen LogP contribution is 2.41. The van der Waals surface area contributed by atoms with Crippen molar-refractivity contribution in [1.82, 2.24) is 36.8 Å². The quantitative estimate of drug-likeness (QED) is 0.155. The van der Waals surface area contributed by atoms with Crippen LogP contribution in [0.3, 0.4) is 0 Å². The van der Waals surface area contributed by atoms with Gasteiger partial charge in [0.1, 0.15) is 42.3 Å². The molecule has 0 aromatic heterocycles. The molecule has 1 saturated heterocycles. The molecule has 1 fully saturated rings. The van der Waals surface area contributed by atoms with Crippen molar-refractivity contribution in [1.29, 1.82) is 0 Å². The van der Waals surface area contributed by atoms with Crippen LogP contribution in [-0.4, -0.2) is 134 Å². The van der Waals surface area contributed by atoms with E-state index in [1.165, 1.54) is 37.4 Å². The standard InChI is InChI=1S/C36H49N7O10S/c1-5-23-31(48)42-26-15-54-28-10-19-8-6-7-9-21(19)22(28)12-24(40-30(47)18(3)38-34(51)27-11-20(45)14-43(27)35(26)52)32(49)41-25(13-36(4,53)16-44)33(50)37-17(2)29(46)39-23/h6-9,17-18,20,23-27,44-45,53H,5,10-16H2,1-4H3,(H,37,50)(H,38,51)(H,39,46)(H,40,47)(H,41,49)(H,42,48)/t17-,18-,20+,23+,24-,25-,26+,27?,36+/m0/s1. The van der Waals surface area contributed by atoms with Crippen LogP contribution >= 0.6 is 11.8 Å². The Hall–Kier alpha value is -4.52. The molecular weight excluding hydrogens is 723 g/mol. The second-order valence-corrected chi connectivity index (χ2v) is 15.7. The van der Waals surface area contributed by atoms with Gasteiger partial charge in [0.2, 0.25) is 41.4 Å². The van der Waals surface area contributed by atoms with Gasteiger partial charge < -0.3 is 52.1 Å². The fraction of sp³-hybridized carbons (Fsp3) is 0.583. The van der Waals surface area contributed by atoms with Crippen molar-refractivity contribution in [2.75, 3.05) is 18.9 Å². The summed E-state index contributed by atoms with van der Waals surface area (Å²) < 4.78 is 0. The molecule has 1 aromatic carbocycles. The zero-order valence-corrected chi connectivity index (χ0v) is 31.5. The van der Waals surface area contributed by atoms with Crippen molar-refractivity contribution in [3.63, 3.8) is 0 Å². The second-order valence-electron chi connectivity index (χ2n) is 14.6. The number of carbonyl (C=O) groups excluding carboxylic acids is 7. The van der Waals surface area contributed by atoms with Gasteiger partial charge in [-0.05, 0) is 48.8 Å². The lowest BCUT2D eigenvalue weighted by Crippen LogP contribution is -2.60. The highest BCUT2D eigenvalue weighted by atomic mass is 32.2. The molecule has 18 heteroatoms. The molecule has 7 amide bonds. The summed E-state index contributed by atoms with van der Waals surface area (Å²) >= 11 is 1.26. The minimum atomic E-state index is -1.85. The van der Waals surface area contributed by atoms with Gasteiger partial charge in [0, 0.05) is 38.0 Å². The summed E-state index contributed by atoms with van der Waals surface area (Å²) in [6.45, 7) is 4.69. The molecule has 5 rings (SSSR count). The number of thioether (sulfide) groups is 1. The van der Waals surface area contributed by atoms with Crippen LogP contribution in [0, 0.1) is 0 Å². The smallest absolute Gasteiger partial charge is 0.246 e. The first-order valence-corrected chi connectivity index (χ1v) is 19.1. The van der Waals surface area contributed by atoms with E-state index in [1.807, 2.05) is 24.3 Å². The van der Waals surface area contributed by atoms with Crippen LogP contribution in [0.25, 0.3) is 5.57 Å². The van der Waals surface area contributed by atoms with Crippen LogP contribution in [0.1, 0.15) is 64.5 Å². The van der Waals surface area contributed by atoms with Gasteiger partial charge >= 0.3 is 0 Å². The van der Waals surface area contributed by atoms with E-state index in [0.717, 1.165) is 16.0 Å². The Balaban J connectivity index is 1.66. The number of nitrogens with zero attached hydrogens (tertiary/aromatic N) is 1. The predicted octanol–water partition coefficient (Wildman–Crippen LogP) is -2.44. The highest BCUT2D eigenvalue weighted by Gasteiger charge is 2.44. The Morgan fingerprint density at radius 2 is 1.43 bits per heavy atom. The lowest BCUT2D eigenvalue weighted by Gasteiger charge is -2.30. The molecule has 3 heterocycles. The molecule has 4 aliphatic rings. The zero-order chi connectivity index (χ0) is 39.5. The van der Waals surface area contributed by atoms with Crippen molar-refractivity contribution < 1.29 is 48.9 Å². The van der Waals surface area contributed by atoms with Crippen LogP contribution in [0.2, 0.25) is 0 Å². The average Bonchev–Trinajstić information content (AvgIpc) is 3.69. The lowest BCUT2D eigenvalue weighted by atomic mass is 9.95. The molecule has 1 aliphatic carbocycles. The lowest BCUT2D eigenvalue weighted by molar-refractivity contribution is -0.142. The second kappa shape index (κ2) is 16.9. The van der Waals surface area contributed by atoms with E-state index in [-0.39, 0.29) is 31.6 Å². The summed E-state index contributed by atoms with van der Waals surface area (Å²) in [6, 6.07) is -1.44. The molecule has 2 bridgehead atoms. The Morgan fingerprint density at radius 1 is 0.815 bits per heavy atom. The number of aliphatic hydroxyl groups is 3. The third kappa shape index (κ3) is 9.22. The van der Waals surface area contributed by atoms with Gasteiger partial charge in [0.05, 0.1) is 18.3 Å². The molecule has 17 nitrogen and oxygen atoms in total. The van der Waals surface area contributed by atoms with Crippen molar-refractivity contribution in [2.24, 2.45) is 0 Å². The predicted molar refractivity (Wildman–Crippen MR) is 196 cm³/mol. The van der Waals surface area contributed by atoms with Gasteiger partial charge in [0.15, 0.2) is 0 Å². The van der Waals surface area contributed by atoms with Gasteiger partial charge in [0.25, 0.3) is 0 Å². The summed E-state index contributed by atoms with van der Waals surface area (Å²) in [5.41, 5.74) is 0.536. The molecule has 9 N–H and O–H groups in total. The number of benzene rings is 1. The number of rotatable bonds is 4. The molecular formula is C36H49N7O10S. The summed E-state index contributed by atoms with van der Waals surface area (Å²) in [6.07, 6.45) is -1.25. The maximum atomic E-state index is 14.3. The zero-order valence-electron chi connectivity index (χ0n) is 30.6. The van der Waals surface area contributed by atoms with Crippen LogP contribution in [0.5, 0.6) is 0 Å². The molecule has 1 aromatic rings.